The molecule has 0 radical (unpaired) electrons. The van der Waals surface area contributed by atoms with Crippen molar-refractivity contribution in [3.05, 3.63) is 53.5 Å². The van der Waals surface area contributed by atoms with Crippen LogP contribution in [-0.4, -0.2) is 39.3 Å². The zero-order chi connectivity index (χ0) is 18.5. The molecule has 26 heavy (non-hydrogen) atoms. The van der Waals surface area contributed by atoms with E-state index in [1.54, 1.807) is 18.3 Å². The molecule has 0 saturated carbocycles. The van der Waals surface area contributed by atoms with Gasteiger partial charge in [-0.3, -0.25) is 14.6 Å². The molecule has 0 unspecified atom stereocenters. The highest BCUT2D eigenvalue weighted by Crippen LogP contribution is 2.24. The van der Waals surface area contributed by atoms with E-state index in [0.29, 0.717) is 11.4 Å². The number of anilines is 1. The average molecular weight is 352 g/mol. The van der Waals surface area contributed by atoms with Crippen molar-refractivity contribution in [1.82, 2.24) is 14.9 Å². The molecule has 1 aliphatic rings. The smallest absolute Gasteiger partial charge is 0.254 e. The Labute approximate surface area is 153 Å². The lowest BCUT2D eigenvalue weighted by Crippen LogP contribution is -2.35. The molecular weight excluding hydrogens is 328 g/mol. The first-order valence-electron chi connectivity index (χ1n) is 8.99. The van der Waals surface area contributed by atoms with Gasteiger partial charge in [0.15, 0.2) is 0 Å². The van der Waals surface area contributed by atoms with Crippen molar-refractivity contribution < 1.29 is 9.59 Å². The number of likely N-dealkylation sites (tertiary alicyclic amines) is 1. The number of nitrogens with one attached hydrogen (secondary N) is 1. The van der Waals surface area contributed by atoms with E-state index in [-0.39, 0.29) is 17.9 Å². The minimum Gasteiger partial charge on any atom is -0.336 e. The largest absolute Gasteiger partial charge is 0.336 e. The number of aryl methyl sites for hydroxylation is 2. The van der Waals surface area contributed by atoms with Crippen LogP contribution in [0.3, 0.4) is 0 Å². The van der Waals surface area contributed by atoms with Gasteiger partial charge in [-0.15, -0.1) is 0 Å². The highest BCUT2D eigenvalue weighted by atomic mass is 16.2. The second kappa shape index (κ2) is 8.08. The van der Waals surface area contributed by atoms with Crippen LogP contribution >= 0.6 is 0 Å². The quantitative estimate of drug-likeness (QED) is 0.898. The average Bonchev–Trinajstić information content (AvgIpc) is 3.07. The highest BCUT2D eigenvalue weighted by molar-refractivity contribution is 5.96. The van der Waals surface area contributed by atoms with E-state index < -0.39 is 0 Å². The number of hydrogen-bond donors (Lipinski definition) is 1. The van der Waals surface area contributed by atoms with Crippen LogP contribution in [0.4, 0.5) is 5.82 Å². The Balaban J connectivity index is 1.67. The monoisotopic (exact) mass is 352 g/mol. The third-order valence-corrected chi connectivity index (χ3v) is 4.68. The van der Waals surface area contributed by atoms with Crippen molar-refractivity contribution >= 4 is 17.6 Å². The van der Waals surface area contributed by atoms with E-state index in [0.717, 1.165) is 37.9 Å². The van der Waals surface area contributed by atoms with Gasteiger partial charge in [-0.2, -0.15) is 0 Å². The number of nitrogens with zero attached hydrogens (tertiary/aromatic N) is 3. The summed E-state index contributed by atoms with van der Waals surface area (Å²) in [5.74, 6) is 0.215. The third kappa shape index (κ3) is 4.45. The van der Waals surface area contributed by atoms with E-state index in [4.69, 9.17) is 0 Å². The van der Waals surface area contributed by atoms with Crippen LogP contribution in [0.2, 0.25) is 0 Å². The summed E-state index contributed by atoms with van der Waals surface area (Å²) >= 11 is 0. The van der Waals surface area contributed by atoms with Crippen molar-refractivity contribution in [2.24, 2.45) is 0 Å². The maximum absolute atomic E-state index is 12.9. The fourth-order valence-electron chi connectivity index (χ4n) is 3.47. The molecule has 1 N–H and O–H groups in total. The zero-order valence-corrected chi connectivity index (χ0v) is 15.2. The van der Waals surface area contributed by atoms with Gasteiger partial charge in [-0.1, -0.05) is 0 Å². The standard InChI is InChI=1S/C20H24N4O2/c1-14-12-16(7-9-21-14)5-6-18-4-3-11-24(18)20(26)17-8-10-22-19(13-17)23-15(2)25/h7-10,12-13,18H,3-6,11H2,1-2H3,(H,22,23,25)/t18-/m0/s1. The Kier molecular flexibility index (Phi) is 5.61. The maximum atomic E-state index is 12.9. The van der Waals surface area contributed by atoms with Crippen LogP contribution in [0.15, 0.2) is 36.7 Å². The maximum Gasteiger partial charge on any atom is 0.254 e. The van der Waals surface area contributed by atoms with Gasteiger partial charge >= 0.3 is 0 Å². The molecule has 136 valence electrons. The zero-order valence-electron chi connectivity index (χ0n) is 15.2. The lowest BCUT2D eigenvalue weighted by atomic mass is 10.0. The summed E-state index contributed by atoms with van der Waals surface area (Å²) in [6.07, 6.45) is 7.32. The molecule has 2 aromatic rings. The second-order valence-electron chi connectivity index (χ2n) is 6.75. The SMILES string of the molecule is CC(=O)Nc1cc(C(=O)N2CCC[C@H]2CCc2ccnc(C)c2)ccn1. The second-order valence-corrected chi connectivity index (χ2v) is 6.75. The number of carbonyl (C=O) groups is 2. The van der Waals surface area contributed by atoms with E-state index in [9.17, 15) is 9.59 Å². The van der Waals surface area contributed by atoms with Crippen molar-refractivity contribution in [2.45, 2.75) is 45.6 Å². The van der Waals surface area contributed by atoms with Gasteiger partial charge in [0.2, 0.25) is 5.91 Å². The predicted octanol–water partition coefficient (Wildman–Crippen LogP) is 2.98. The van der Waals surface area contributed by atoms with Crippen molar-refractivity contribution in [1.29, 1.82) is 0 Å². The number of aromatic nitrogens is 2. The minimum atomic E-state index is -0.200. The molecule has 0 bridgehead atoms. The van der Waals surface area contributed by atoms with Crippen LogP contribution < -0.4 is 5.32 Å². The summed E-state index contributed by atoms with van der Waals surface area (Å²) in [5.41, 5.74) is 2.84. The molecule has 6 heteroatoms. The fourth-order valence-corrected chi connectivity index (χ4v) is 3.47. The molecule has 1 saturated heterocycles. The summed E-state index contributed by atoms with van der Waals surface area (Å²) in [4.78, 5) is 34.4. The van der Waals surface area contributed by atoms with Gasteiger partial charge in [0, 0.05) is 43.2 Å². The molecule has 3 heterocycles. The van der Waals surface area contributed by atoms with E-state index in [1.807, 2.05) is 24.1 Å². The van der Waals surface area contributed by atoms with Crippen molar-refractivity contribution in [2.75, 3.05) is 11.9 Å². The number of carbonyl (C=O) groups excluding carboxylic acids is 2. The number of rotatable bonds is 5. The molecule has 0 aromatic carbocycles. The van der Waals surface area contributed by atoms with Crippen LogP contribution in [0.25, 0.3) is 0 Å². The topological polar surface area (TPSA) is 75.2 Å². The molecule has 2 amide bonds. The molecule has 3 rings (SSSR count). The molecule has 0 spiro atoms. The highest BCUT2D eigenvalue weighted by Gasteiger charge is 2.29. The fraction of sp³-hybridized carbons (Fsp3) is 0.400. The van der Waals surface area contributed by atoms with Gasteiger partial charge in [-0.05, 0) is 62.4 Å². The predicted molar refractivity (Wildman–Crippen MR) is 99.9 cm³/mol. The number of pyridine rings is 2. The lowest BCUT2D eigenvalue weighted by molar-refractivity contribution is -0.114. The summed E-state index contributed by atoms with van der Waals surface area (Å²) in [6.45, 7) is 4.19. The summed E-state index contributed by atoms with van der Waals surface area (Å²) in [6, 6.07) is 7.73. The van der Waals surface area contributed by atoms with E-state index >= 15 is 0 Å². The molecular formula is C20H24N4O2. The minimum absolute atomic E-state index is 0.00686. The summed E-state index contributed by atoms with van der Waals surface area (Å²) in [5, 5.41) is 2.63. The first kappa shape index (κ1) is 18.0. The van der Waals surface area contributed by atoms with Crippen LogP contribution in [0.1, 0.15) is 47.8 Å². The van der Waals surface area contributed by atoms with Gasteiger partial charge < -0.3 is 10.2 Å². The van der Waals surface area contributed by atoms with Gasteiger partial charge in [0.1, 0.15) is 5.82 Å². The summed E-state index contributed by atoms with van der Waals surface area (Å²) < 4.78 is 0. The Morgan fingerprint density at radius 1 is 1.23 bits per heavy atom. The number of amides is 2. The Hall–Kier alpha value is -2.76. The summed E-state index contributed by atoms with van der Waals surface area (Å²) in [7, 11) is 0. The van der Waals surface area contributed by atoms with Crippen LogP contribution in [-0.2, 0) is 11.2 Å². The normalized spacial score (nSPS) is 16.5. The Morgan fingerprint density at radius 2 is 2.04 bits per heavy atom. The lowest BCUT2D eigenvalue weighted by Gasteiger charge is -2.25. The molecule has 1 fully saturated rings. The van der Waals surface area contributed by atoms with Crippen LogP contribution in [0.5, 0.6) is 0 Å². The van der Waals surface area contributed by atoms with Crippen molar-refractivity contribution in [3.8, 4) is 0 Å². The molecule has 1 aliphatic heterocycles. The number of hydrogen-bond acceptors (Lipinski definition) is 4. The van der Waals surface area contributed by atoms with Gasteiger partial charge in [0.05, 0.1) is 0 Å². The van der Waals surface area contributed by atoms with Gasteiger partial charge in [-0.25, -0.2) is 4.98 Å². The molecule has 1 atom stereocenters. The van der Waals surface area contributed by atoms with Crippen molar-refractivity contribution in [3.63, 3.8) is 0 Å². The third-order valence-electron chi connectivity index (χ3n) is 4.68. The first-order valence-corrected chi connectivity index (χ1v) is 8.99. The van der Waals surface area contributed by atoms with E-state index in [1.165, 1.54) is 12.5 Å². The molecule has 2 aromatic heterocycles. The molecule has 6 nitrogen and oxygen atoms in total. The Morgan fingerprint density at radius 3 is 2.81 bits per heavy atom. The van der Waals surface area contributed by atoms with E-state index in [2.05, 4.69) is 21.4 Å². The Bertz CT molecular complexity index is 806. The molecule has 0 aliphatic carbocycles. The van der Waals surface area contributed by atoms with Crippen LogP contribution in [0, 0.1) is 6.92 Å². The first-order chi connectivity index (χ1) is 12.5. The van der Waals surface area contributed by atoms with Gasteiger partial charge in [0.25, 0.3) is 5.91 Å².